The highest BCUT2D eigenvalue weighted by atomic mass is 35.5. The molecule has 6 nitrogen and oxygen atoms in total. The van der Waals surface area contributed by atoms with Crippen molar-refractivity contribution in [2.24, 2.45) is 0 Å². The number of nitro groups is 1. The van der Waals surface area contributed by atoms with Crippen LogP contribution in [0.1, 0.15) is 5.01 Å². The molecule has 0 amide bonds. The summed E-state index contributed by atoms with van der Waals surface area (Å²) in [5.74, 6) is 0.425. The van der Waals surface area contributed by atoms with E-state index in [0.29, 0.717) is 16.7 Å². The van der Waals surface area contributed by atoms with E-state index in [1.807, 2.05) is 6.92 Å². The molecule has 3 aromatic rings. The molecule has 1 aromatic carbocycles. The zero-order valence-electron chi connectivity index (χ0n) is 10.2. The number of thiazole rings is 1. The molecule has 0 aliphatic heterocycles. The summed E-state index contributed by atoms with van der Waals surface area (Å²) in [5.41, 5.74) is 0.416. The van der Waals surface area contributed by atoms with Gasteiger partial charge in [0, 0.05) is 23.7 Å². The lowest BCUT2D eigenvalue weighted by Gasteiger charge is -2.02. The minimum absolute atomic E-state index is 0.0290. The van der Waals surface area contributed by atoms with Gasteiger partial charge in [0.05, 0.1) is 20.3 Å². The highest BCUT2D eigenvalue weighted by molar-refractivity contribution is 7.14. The Labute approximate surface area is 122 Å². The first kappa shape index (κ1) is 12.9. The number of nitro benzene ring substituents is 1. The van der Waals surface area contributed by atoms with Crippen molar-refractivity contribution < 1.29 is 4.92 Å². The average Bonchev–Trinajstić information content (AvgIpc) is 2.84. The van der Waals surface area contributed by atoms with Crippen LogP contribution in [0.5, 0.6) is 0 Å². The zero-order valence-corrected chi connectivity index (χ0v) is 11.8. The summed E-state index contributed by atoms with van der Waals surface area (Å²) in [6.07, 6.45) is 1.66. The molecule has 0 N–H and O–H groups in total. The van der Waals surface area contributed by atoms with Crippen LogP contribution < -0.4 is 0 Å². The summed E-state index contributed by atoms with van der Waals surface area (Å²) in [6.45, 7) is 1.88. The van der Waals surface area contributed by atoms with Crippen LogP contribution in [-0.4, -0.2) is 19.9 Å². The predicted octanol–water partition coefficient (Wildman–Crippen LogP) is 3.62. The van der Waals surface area contributed by atoms with Crippen molar-refractivity contribution >= 4 is 39.5 Å². The molecular weight excluding hydrogens is 300 g/mol. The van der Waals surface area contributed by atoms with Crippen LogP contribution >= 0.6 is 22.9 Å². The lowest BCUT2D eigenvalue weighted by atomic mass is 10.2. The maximum absolute atomic E-state index is 10.8. The maximum Gasteiger partial charge on any atom is 0.271 e. The van der Waals surface area contributed by atoms with E-state index < -0.39 is 4.92 Å². The molecule has 20 heavy (non-hydrogen) atoms. The van der Waals surface area contributed by atoms with Crippen LogP contribution in [0.4, 0.5) is 5.69 Å². The number of aryl methyl sites for hydroxylation is 1. The predicted molar refractivity (Wildman–Crippen MR) is 77.0 cm³/mol. The summed E-state index contributed by atoms with van der Waals surface area (Å²) in [7, 11) is 0. The first-order valence-corrected chi connectivity index (χ1v) is 6.78. The van der Waals surface area contributed by atoms with Gasteiger partial charge in [-0.05, 0) is 13.0 Å². The van der Waals surface area contributed by atoms with Gasteiger partial charge in [-0.1, -0.05) is 11.6 Å². The third kappa shape index (κ3) is 2.21. The molecule has 0 saturated heterocycles. The second kappa shape index (κ2) is 4.77. The Hall–Kier alpha value is -2.12. The highest BCUT2D eigenvalue weighted by Gasteiger charge is 2.13. The summed E-state index contributed by atoms with van der Waals surface area (Å²) >= 11 is 7.55. The quantitative estimate of drug-likeness (QED) is 0.410. The van der Waals surface area contributed by atoms with E-state index in [1.165, 1.54) is 23.5 Å². The lowest BCUT2D eigenvalue weighted by Crippen LogP contribution is -1.93. The molecule has 0 atom stereocenters. The van der Waals surface area contributed by atoms with Crippen LogP contribution in [0.15, 0.2) is 24.4 Å². The van der Waals surface area contributed by atoms with Crippen molar-refractivity contribution in [2.45, 2.75) is 6.92 Å². The number of halogens is 1. The highest BCUT2D eigenvalue weighted by Crippen LogP contribution is 2.29. The third-order valence-electron chi connectivity index (χ3n) is 2.69. The molecule has 0 radical (unpaired) electrons. The maximum atomic E-state index is 10.8. The van der Waals surface area contributed by atoms with Gasteiger partial charge in [0.2, 0.25) is 0 Å². The van der Waals surface area contributed by atoms with Gasteiger partial charge in [-0.2, -0.15) is 0 Å². The van der Waals surface area contributed by atoms with E-state index >= 15 is 0 Å². The minimum atomic E-state index is -0.466. The number of aromatic nitrogens is 3. The van der Waals surface area contributed by atoms with Gasteiger partial charge in [-0.15, -0.1) is 11.3 Å². The van der Waals surface area contributed by atoms with Gasteiger partial charge < -0.3 is 0 Å². The van der Waals surface area contributed by atoms with Crippen molar-refractivity contribution in [1.29, 1.82) is 0 Å². The van der Waals surface area contributed by atoms with Crippen molar-refractivity contribution in [2.75, 3.05) is 0 Å². The molecule has 3 rings (SSSR count). The summed E-state index contributed by atoms with van der Waals surface area (Å²) < 4.78 is 0. The van der Waals surface area contributed by atoms with E-state index in [1.54, 1.807) is 12.3 Å². The number of hydrogen-bond donors (Lipinski definition) is 0. The van der Waals surface area contributed by atoms with Gasteiger partial charge in [0.15, 0.2) is 5.82 Å². The molecular formula is C12H7ClN4O2S. The molecule has 0 aliphatic carbocycles. The molecule has 0 fully saturated rings. The number of benzene rings is 1. The molecule has 100 valence electrons. The summed E-state index contributed by atoms with van der Waals surface area (Å²) in [4.78, 5) is 23.8. The standard InChI is InChI=1S/C12H7ClN4O2S/c1-6-14-5-10(20-6)12-15-9-4-7(17(18)19)2-3-8(9)11(13)16-12/h2-5H,1H3. The number of non-ortho nitro benzene ring substituents is 1. The third-order valence-corrected chi connectivity index (χ3v) is 3.88. The fourth-order valence-corrected chi connectivity index (χ4v) is 2.72. The van der Waals surface area contributed by atoms with Gasteiger partial charge in [-0.25, -0.2) is 15.0 Å². The first-order valence-electron chi connectivity index (χ1n) is 5.59. The fraction of sp³-hybridized carbons (Fsp3) is 0.0833. The normalized spacial score (nSPS) is 10.9. The van der Waals surface area contributed by atoms with Gasteiger partial charge in [0.1, 0.15) is 5.15 Å². The van der Waals surface area contributed by atoms with Crippen LogP contribution in [0.2, 0.25) is 5.15 Å². The Morgan fingerprint density at radius 1 is 1.35 bits per heavy atom. The monoisotopic (exact) mass is 306 g/mol. The molecule has 0 aliphatic rings. The number of hydrogen-bond acceptors (Lipinski definition) is 6. The number of nitrogens with zero attached hydrogens (tertiary/aromatic N) is 4. The molecule has 2 heterocycles. The molecule has 2 aromatic heterocycles. The summed E-state index contributed by atoms with van der Waals surface area (Å²) in [6, 6.07) is 4.33. The van der Waals surface area contributed by atoms with E-state index in [9.17, 15) is 10.1 Å². The van der Waals surface area contributed by atoms with Crippen molar-refractivity contribution in [3.8, 4) is 10.7 Å². The molecule has 0 saturated carbocycles. The second-order valence-electron chi connectivity index (χ2n) is 4.04. The van der Waals surface area contributed by atoms with Crippen LogP contribution in [-0.2, 0) is 0 Å². The van der Waals surface area contributed by atoms with E-state index in [-0.39, 0.29) is 10.8 Å². The van der Waals surface area contributed by atoms with Gasteiger partial charge in [-0.3, -0.25) is 10.1 Å². The van der Waals surface area contributed by atoms with Gasteiger partial charge in [0.25, 0.3) is 5.69 Å². The van der Waals surface area contributed by atoms with E-state index in [2.05, 4.69) is 15.0 Å². The Kier molecular flexibility index (Phi) is 3.07. The molecule has 0 unspecified atom stereocenters. The number of fused-ring (bicyclic) bond motifs is 1. The zero-order chi connectivity index (χ0) is 14.3. The van der Waals surface area contributed by atoms with Crippen molar-refractivity contribution in [1.82, 2.24) is 15.0 Å². The number of rotatable bonds is 2. The minimum Gasteiger partial charge on any atom is -0.258 e. The lowest BCUT2D eigenvalue weighted by molar-refractivity contribution is -0.384. The Bertz CT molecular complexity index is 833. The Morgan fingerprint density at radius 3 is 2.80 bits per heavy atom. The smallest absolute Gasteiger partial charge is 0.258 e. The van der Waals surface area contributed by atoms with E-state index in [4.69, 9.17) is 11.6 Å². The van der Waals surface area contributed by atoms with Crippen LogP contribution in [0.3, 0.4) is 0 Å². The fourth-order valence-electron chi connectivity index (χ4n) is 1.77. The topological polar surface area (TPSA) is 81.8 Å². The van der Waals surface area contributed by atoms with Crippen molar-refractivity contribution in [3.63, 3.8) is 0 Å². The van der Waals surface area contributed by atoms with Crippen molar-refractivity contribution in [3.05, 3.63) is 44.7 Å². The SMILES string of the molecule is Cc1ncc(-c2nc(Cl)c3ccc([N+](=O)[O-])cc3n2)s1. The molecule has 8 heteroatoms. The van der Waals surface area contributed by atoms with Gasteiger partial charge >= 0.3 is 0 Å². The summed E-state index contributed by atoms with van der Waals surface area (Å²) in [5, 5.41) is 12.6. The molecule has 0 bridgehead atoms. The second-order valence-corrected chi connectivity index (χ2v) is 5.63. The average molecular weight is 307 g/mol. The largest absolute Gasteiger partial charge is 0.271 e. The first-order chi connectivity index (χ1) is 9.54. The van der Waals surface area contributed by atoms with Crippen LogP contribution in [0, 0.1) is 17.0 Å². The molecule has 0 spiro atoms. The Morgan fingerprint density at radius 2 is 2.15 bits per heavy atom. The Balaban J connectivity index is 2.23. The van der Waals surface area contributed by atoms with E-state index in [0.717, 1.165) is 9.88 Å². The van der Waals surface area contributed by atoms with Crippen LogP contribution in [0.25, 0.3) is 21.6 Å².